The molecule has 0 bridgehead atoms. The Bertz CT molecular complexity index is 1950. The number of nitrogens with one attached hydrogen (secondary N) is 1. The van der Waals surface area contributed by atoms with Crippen molar-refractivity contribution in [2.75, 3.05) is 53.7 Å². The number of thioether (sulfide) groups is 1. The molecule has 13 heteroatoms. The van der Waals surface area contributed by atoms with Gasteiger partial charge >= 0.3 is 0 Å². The monoisotopic (exact) mass is 696 g/mol. The number of carbonyl (C=O) groups is 2. The number of nitrogens with zero attached hydrogens (tertiary/aromatic N) is 3. The van der Waals surface area contributed by atoms with Crippen molar-refractivity contribution in [1.82, 2.24) is 14.8 Å². The van der Waals surface area contributed by atoms with Gasteiger partial charge in [-0.3, -0.25) is 14.2 Å². The molecule has 0 aliphatic carbocycles. The van der Waals surface area contributed by atoms with Crippen LogP contribution in [0.15, 0.2) is 90.1 Å². The van der Waals surface area contributed by atoms with E-state index < -0.39 is 0 Å². The van der Waals surface area contributed by atoms with Crippen molar-refractivity contribution in [3.63, 3.8) is 0 Å². The lowest BCUT2D eigenvalue weighted by Gasteiger charge is -2.15. The molecule has 0 unspecified atom stereocenters. The van der Waals surface area contributed by atoms with E-state index in [2.05, 4.69) is 15.5 Å². The Balaban J connectivity index is 1.28. The van der Waals surface area contributed by atoms with Gasteiger partial charge in [-0.2, -0.15) is 0 Å². The van der Waals surface area contributed by atoms with Crippen LogP contribution < -0.4 is 33.7 Å². The Labute approximate surface area is 293 Å². The number of hydrogen-bond donors (Lipinski definition) is 1. The fourth-order valence-electron chi connectivity index (χ4n) is 5.08. The van der Waals surface area contributed by atoms with Crippen LogP contribution in [0.3, 0.4) is 0 Å². The van der Waals surface area contributed by atoms with Crippen molar-refractivity contribution in [3.05, 3.63) is 96.1 Å². The number of hydrogen-bond acceptors (Lipinski definition) is 11. The van der Waals surface area contributed by atoms with Gasteiger partial charge in [0, 0.05) is 22.5 Å². The summed E-state index contributed by atoms with van der Waals surface area (Å²) in [5.41, 5.74) is 3.19. The summed E-state index contributed by atoms with van der Waals surface area (Å²) in [6, 6.07) is 23.3. The van der Waals surface area contributed by atoms with Gasteiger partial charge in [-0.1, -0.05) is 36.0 Å². The standard InChI is InChI=1S/C37H36N4O8S/c1-44-29-18-23(19-30(45-2)34(29)48-5)12-17-28(42)24-13-15-26(16-14-24)38-33(43)22-50-37-40-39-36(41(37)27-10-8-7-9-11-27)25-20-31(46-3)35(49-6)32(21-25)47-4/h7-21H,22H2,1-6H3,(H,38,43)/b17-12+. The SMILES string of the molecule is COc1cc(/C=C/C(=O)c2ccc(NC(=O)CSc3nnc(-c4cc(OC)c(OC)c(OC)c4)n3-c3ccccc3)cc2)cc(OC)c1OC. The molecule has 1 amide bonds. The van der Waals surface area contributed by atoms with E-state index in [1.54, 1.807) is 75.9 Å². The van der Waals surface area contributed by atoms with E-state index in [1.165, 1.54) is 39.2 Å². The van der Waals surface area contributed by atoms with Gasteiger partial charge in [0.2, 0.25) is 17.4 Å². The molecule has 50 heavy (non-hydrogen) atoms. The fraction of sp³-hybridized carbons (Fsp3) is 0.189. The molecule has 0 aliphatic heterocycles. The number of para-hydroxylation sites is 1. The maximum absolute atomic E-state index is 13.0. The molecule has 5 rings (SSSR count). The Kier molecular flexibility index (Phi) is 11.6. The van der Waals surface area contributed by atoms with E-state index in [0.717, 1.165) is 5.69 Å². The van der Waals surface area contributed by atoms with E-state index in [4.69, 9.17) is 28.4 Å². The van der Waals surface area contributed by atoms with Crippen LogP contribution in [-0.2, 0) is 4.79 Å². The average Bonchev–Trinajstić information content (AvgIpc) is 3.59. The maximum Gasteiger partial charge on any atom is 0.234 e. The minimum absolute atomic E-state index is 0.0540. The first-order valence-electron chi connectivity index (χ1n) is 15.2. The summed E-state index contributed by atoms with van der Waals surface area (Å²) in [6.45, 7) is 0. The van der Waals surface area contributed by atoms with Gasteiger partial charge < -0.3 is 33.7 Å². The van der Waals surface area contributed by atoms with Crippen molar-refractivity contribution >= 4 is 35.2 Å². The summed E-state index contributed by atoms with van der Waals surface area (Å²) >= 11 is 1.23. The highest BCUT2D eigenvalue weighted by molar-refractivity contribution is 7.99. The first-order chi connectivity index (χ1) is 24.3. The molecule has 0 fully saturated rings. The molecule has 12 nitrogen and oxygen atoms in total. The number of ether oxygens (including phenoxy) is 6. The lowest BCUT2D eigenvalue weighted by atomic mass is 10.1. The third-order valence-electron chi connectivity index (χ3n) is 7.47. The number of carbonyl (C=O) groups excluding carboxylic acids is 2. The molecule has 5 aromatic rings. The molecule has 0 aliphatic rings. The molecule has 4 aromatic carbocycles. The summed E-state index contributed by atoms with van der Waals surface area (Å²) < 4.78 is 34.6. The van der Waals surface area contributed by atoms with Crippen LogP contribution in [0, 0.1) is 0 Å². The van der Waals surface area contributed by atoms with E-state index in [-0.39, 0.29) is 17.4 Å². The number of ketones is 1. The Morgan fingerprint density at radius 3 is 1.82 bits per heavy atom. The molecule has 1 aromatic heterocycles. The van der Waals surface area contributed by atoms with Crippen LogP contribution in [0.4, 0.5) is 5.69 Å². The van der Waals surface area contributed by atoms with Crippen molar-refractivity contribution in [3.8, 4) is 51.6 Å². The average molecular weight is 697 g/mol. The normalized spacial score (nSPS) is 10.8. The number of benzene rings is 4. The Morgan fingerprint density at radius 1 is 0.720 bits per heavy atom. The predicted octanol–water partition coefficient (Wildman–Crippen LogP) is 6.61. The van der Waals surface area contributed by atoms with Gasteiger partial charge in [0.1, 0.15) is 0 Å². The quantitative estimate of drug-likeness (QED) is 0.0720. The van der Waals surface area contributed by atoms with Crippen LogP contribution in [0.5, 0.6) is 34.5 Å². The highest BCUT2D eigenvalue weighted by Gasteiger charge is 2.21. The van der Waals surface area contributed by atoms with Crippen molar-refractivity contribution in [1.29, 1.82) is 0 Å². The molecule has 1 heterocycles. The second kappa shape index (κ2) is 16.4. The molecule has 0 saturated carbocycles. The lowest BCUT2D eigenvalue weighted by Crippen LogP contribution is -2.14. The summed E-state index contributed by atoms with van der Waals surface area (Å²) in [4.78, 5) is 25.9. The van der Waals surface area contributed by atoms with Gasteiger partial charge in [0.05, 0.1) is 48.4 Å². The number of allylic oxidation sites excluding steroid dienone is 1. The van der Waals surface area contributed by atoms with E-state index >= 15 is 0 Å². The summed E-state index contributed by atoms with van der Waals surface area (Å²) in [6.07, 6.45) is 3.13. The number of rotatable bonds is 15. The summed E-state index contributed by atoms with van der Waals surface area (Å²) in [5.74, 6) is 2.95. The van der Waals surface area contributed by atoms with E-state index in [9.17, 15) is 9.59 Å². The van der Waals surface area contributed by atoms with Crippen molar-refractivity contribution in [2.24, 2.45) is 0 Å². The van der Waals surface area contributed by atoms with Gasteiger partial charge in [0.25, 0.3) is 0 Å². The maximum atomic E-state index is 13.0. The molecule has 1 N–H and O–H groups in total. The first-order valence-corrected chi connectivity index (χ1v) is 16.2. The first kappa shape index (κ1) is 35.4. The highest BCUT2D eigenvalue weighted by atomic mass is 32.2. The van der Waals surface area contributed by atoms with Crippen LogP contribution in [0.1, 0.15) is 15.9 Å². The Morgan fingerprint density at radius 2 is 1.28 bits per heavy atom. The third-order valence-corrected chi connectivity index (χ3v) is 8.40. The summed E-state index contributed by atoms with van der Waals surface area (Å²) in [5, 5.41) is 12.3. The zero-order chi connectivity index (χ0) is 35.6. The van der Waals surface area contributed by atoms with Gasteiger partial charge in [-0.25, -0.2) is 0 Å². The largest absolute Gasteiger partial charge is 0.493 e. The second-order valence-electron chi connectivity index (χ2n) is 10.5. The van der Waals surface area contributed by atoms with Crippen LogP contribution in [-0.4, -0.2) is 74.9 Å². The minimum Gasteiger partial charge on any atom is -0.493 e. The highest BCUT2D eigenvalue weighted by Crippen LogP contribution is 2.42. The molecule has 0 spiro atoms. The number of amides is 1. The van der Waals surface area contributed by atoms with E-state index in [0.29, 0.717) is 67.9 Å². The fourth-order valence-corrected chi connectivity index (χ4v) is 5.83. The Hall–Kier alpha value is -5.95. The number of anilines is 1. The minimum atomic E-state index is -0.256. The molecule has 0 radical (unpaired) electrons. The molecule has 0 atom stereocenters. The molecule has 258 valence electrons. The second-order valence-corrected chi connectivity index (χ2v) is 11.4. The third kappa shape index (κ3) is 7.84. The molecular weight excluding hydrogens is 660 g/mol. The van der Waals surface area contributed by atoms with Crippen LogP contribution in [0.2, 0.25) is 0 Å². The zero-order valence-corrected chi connectivity index (χ0v) is 29.2. The number of methoxy groups -OCH3 is 6. The van der Waals surface area contributed by atoms with Crippen LogP contribution in [0.25, 0.3) is 23.2 Å². The smallest absolute Gasteiger partial charge is 0.234 e. The van der Waals surface area contributed by atoms with Crippen molar-refractivity contribution < 1.29 is 38.0 Å². The van der Waals surface area contributed by atoms with Crippen LogP contribution >= 0.6 is 11.8 Å². The predicted molar refractivity (Wildman–Crippen MR) is 192 cm³/mol. The molecule has 0 saturated heterocycles. The summed E-state index contributed by atoms with van der Waals surface area (Å²) in [7, 11) is 9.22. The molecular formula is C37H36N4O8S. The van der Waals surface area contributed by atoms with Gasteiger partial charge in [-0.05, 0) is 72.3 Å². The van der Waals surface area contributed by atoms with Crippen molar-refractivity contribution in [2.45, 2.75) is 5.16 Å². The zero-order valence-electron chi connectivity index (χ0n) is 28.4. The number of aromatic nitrogens is 3. The lowest BCUT2D eigenvalue weighted by molar-refractivity contribution is -0.113. The van der Waals surface area contributed by atoms with Gasteiger partial charge in [0.15, 0.2) is 39.8 Å². The van der Waals surface area contributed by atoms with E-state index in [1.807, 2.05) is 34.9 Å². The topological polar surface area (TPSA) is 132 Å². The van der Waals surface area contributed by atoms with Gasteiger partial charge in [-0.15, -0.1) is 10.2 Å².